The van der Waals surface area contributed by atoms with Gasteiger partial charge in [0.2, 0.25) is 0 Å². The average Bonchev–Trinajstić information content (AvgIpc) is 3.21. The Morgan fingerprint density at radius 3 is 2.27 bits per heavy atom. The third-order valence-corrected chi connectivity index (χ3v) is 13.7. The van der Waals surface area contributed by atoms with Gasteiger partial charge in [-0.1, -0.05) is 66.0 Å². The third kappa shape index (κ3) is 5.40. The van der Waals surface area contributed by atoms with Crippen molar-refractivity contribution >= 4 is 10.8 Å². The molecule has 10 unspecified atom stereocenters. The Morgan fingerprint density at radius 1 is 0.865 bits per heavy atom. The number of hydrogen-bond acceptors (Lipinski definition) is 1. The summed E-state index contributed by atoms with van der Waals surface area (Å²) >= 11 is 0. The molecule has 0 radical (unpaired) electrons. The molecule has 0 heterocycles. The molecule has 0 saturated heterocycles. The van der Waals surface area contributed by atoms with Crippen LogP contribution in [0.1, 0.15) is 117 Å². The maximum atomic E-state index is 11.8. The molecular weight excluding hydrogens is 468 g/mol. The number of fused-ring (bicyclic) bond motifs is 5. The molecule has 2 heteroatoms. The molecule has 0 N–H and O–H groups in total. The first-order chi connectivity index (χ1) is 17.6. The second kappa shape index (κ2) is 11.1. The van der Waals surface area contributed by atoms with Crippen LogP contribution < -0.4 is 0 Å². The molecule has 4 aliphatic carbocycles. The molecule has 0 bridgehead atoms. The van der Waals surface area contributed by atoms with Crippen LogP contribution >= 0.6 is 0 Å². The van der Waals surface area contributed by atoms with Crippen LogP contribution in [-0.2, 0) is 17.2 Å². The minimum Gasteiger partial charge on any atom is -0.255 e. The van der Waals surface area contributed by atoms with Crippen molar-refractivity contribution in [1.82, 2.24) is 0 Å². The van der Waals surface area contributed by atoms with E-state index in [1.807, 2.05) is 0 Å². The summed E-state index contributed by atoms with van der Waals surface area (Å²) in [7, 11) is -0.873. The summed E-state index contributed by atoms with van der Waals surface area (Å²) in [5, 5.41) is 0. The molecule has 208 valence electrons. The topological polar surface area (TPSA) is 17.1 Å². The van der Waals surface area contributed by atoms with E-state index < -0.39 is 10.8 Å². The minimum absolute atomic E-state index is 0.588. The molecule has 37 heavy (non-hydrogen) atoms. The maximum Gasteiger partial charge on any atom is 0.0498 e. The fourth-order valence-corrected chi connectivity index (χ4v) is 11.2. The molecule has 0 aliphatic heterocycles. The van der Waals surface area contributed by atoms with Crippen LogP contribution in [0.3, 0.4) is 0 Å². The van der Waals surface area contributed by atoms with Gasteiger partial charge in [0.25, 0.3) is 0 Å². The maximum absolute atomic E-state index is 11.8. The van der Waals surface area contributed by atoms with Gasteiger partial charge in [-0.05, 0) is 140 Å². The lowest BCUT2D eigenvalue weighted by molar-refractivity contribution is -0.121. The fraction of sp³-hybridized carbons (Fsp3) is 0.829. The van der Waals surface area contributed by atoms with Crippen LogP contribution in [0.25, 0.3) is 0 Å². The fourth-order valence-electron chi connectivity index (χ4n) is 10.7. The van der Waals surface area contributed by atoms with Gasteiger partial charge in [0, 0.05) is 22.0 Å². The van der Waals surface area contributed by atoms with Crippen molar-refractivity contribution < 1.29 is 4.21 Å². The second-order valence-electron chi connectivity index (χ2n) is 15.1. The smallest absolute Gasteiger partial charge is 0.0498 e. The Bertz CT molecular complexity index is 935. The summed E-state index contributed by atoms with van der Waals surface area (Å²) in [6.07, 6.45) is 20.7. The predicted octanol–water partition coefficient (Wildman–Crippen LogP) is 9.70. The quantitative estimate of drug-likeness (QED) is 0.331. The van der Waals surface area contributed by atoms with Gasteiger partial charge in [0.05, 0.1) is 0 Å². The molecule has 0 aromatic heterocycles. The van der Waals surface area contributed by atoms with Crippen molar-refractivity contribution in [2.45, 2.75) is 123 Å². The molecule has 1 aromatic carbocycles. The van der Waals surface area contributed by atoms with Crippen molar-refractivity contribution in [3.05, 3.63) is 29.8 Å². The van der Waals surface area contributed by atoms with Gasteiger partial charge in [-0.2, -0.15) is 0 Å². The Balaban J connectivity index is 1.22. The largest absolute Gasteiger partial charge is 0.255 e. The number of rotatable bonds is 8. The summed E-state index contributed by atoms with van der Waals surface area (Å²) in [6.45, 7) is 12.9. The van der Waals surface area contributed by atoms with Crippen LogP contribution in [0.2, 0.25) is 0 Å². The molecular formula is C35H56OS. The average molecular weight is 525 g/mol. The number of benzene rings is 1. The molecule has 5 rings (SSSR count). The summed E-state index contributed by atoms with van der Waals surface area (Å²) in [4.78, 5) is 0.960. The van der Waals surface area contributed by atoms with Gasteiger partial charge in [-0.3, -0.25) is 4.21 Å². The molecule has 10 atom stereocenters. The molecule has 1 aromatic rings. The summed E-state index contributed by atoms with van der Waals surface area (Å²) in [6, 6.07) is 8.65. The van der Waals surface area contributed by atoms with Gasteiger partial charge in [-0.25, -0.2) is 0 Å². The SMILES string of the molecule is CC(C)CCCC(C)C1CCC2C3CCC4CC(Cc5ccc(S(C)=O)cc5)CCC4(C)C3CCC12C. The normalized spacial score (nSPS) is 41.1. The molecule has 4 fully saturated rings. The Morgan fingerprint density at radius 2 is 1.57 bits per heavy atom. The highest BCUT2D eigenvalue weighted by atomic mass is 32.2. The predicted molar refractivity (Wildman–Crippen MR) is 159 cm³/mol. The summed E-state index contributed by atoms with van der Waals surface area (Å²) < 4.78 is 11.8. The Labute approximate surface area is 231 Å². The van der Waals surface area contributed by atoms with E-state index in [0.29, 0.717) is 10.8 Å². The Hall–Kier alpha value is -0.630. The zero-order valence-electron chi connectivity index (χ0n) is 24.9. The highest BCUT2D eigenvalue weighted by Crippen LogP contribution is 2.68. The first-order valence-corrected chi connectivity index (χ1v) is 17.6. The van der Waals surface area contributed by atoms with Crippen molar-refractivity contribution in [3.8, 4) is 0 Å². The monoisotopic (exact) mass is 524 g/mol. The van der Waals surface area contributed by atoms with Crippen LogP contribution in [0.15, 0.2) is 29.2 Å². The van der Waals surface area contributed by atoms with Crippen molar-refractivity contribution in [2.75, 3.05) is 6.26 Å². The molecule has 0 amide bonds. The van der Waals surface area contributed by atoms with E-state index in [0.717, 1.165) is 52.2 Å². The van der Waals surface area contributed by atoms with Crippen LogP contribution in [0.4, 0.5) is 0 Å². The van der Waals surface area contributed by atoms with Crippen molar-refractivity contribution in [3.63, 3.8) is 0 Å². The standard InChI is InChI=1S/C35H56OS/c1-24(2)8-7-9-25(3)31-16-17-32-30-15-12-28-23-27(22-26-10-13-29(14-11-26)37(6)36)18-20-34(28,4)33(30)19-21-35(31,32)5/h10-11,13-14,24-25,27-28,30-33H,7-9,12,15-23H2,1-6H3. The van der Waals surface area contributed by atoms with Gasteiger partial charge in [0.1, 0.15) is 0 Å². The van der Waals surface area contributed by atoms with E-state index >= 15 is 0 Å². The van der Waals surface area contributed by atoms with Crippen molar-refractivity contribution in [2.24, 2.45) is 58.2 Å². The first-order valence-electron chi connectivity index (χ1n) is 16.0. The van der Waals surface area contributed by atoms with E-state index in [1.165, 1.54) is 89.0 Å². The summed E-state index contributed by atoms with van der Waals surface area (Å²) in [5.41, 5.74) is 2.65. The molecule has 1 nitrogen and oxygen atoms in total. The van der Waals surface area contributed by atoms with E-state index in [4.69, 9.17) is 0 Å². The Kier molecular flexibility index (Phi) is 8.37. The van der Waals surface area contributed by atoms with Gasteiger partial charge >= 0.3 is 0 Å². The van der Waals surface area contributed by atoms with E-state index in [-0.39, 0.29) is 0 Å². The van der Waals surface area contributed by atoms with Crippen LogP contribution in [0, 0.1) is 58.2 Å². The molecule has 4 saturated carbocycles. The third-order valence-electron chi connectivity index (χ3n) is 12.8. The first kappa shape index (κ1) is 27.9. The van der Waals surface area contributed by atoms with Gasteiger partial charge in [-0.15, -0.1) is 0 Å². The molecule has 0 spiro atoms. The lowest BCUT2D eigenvalue weighted by Crippen LogP contribution is -2.53. The van der Waals surface area contributed by atoms with Gasteiger partial charge < -0.3 is 0 Å². The van der Waals surface area contributed by atoms with Crippen LogP contribution in [0.5, 0.6) is 0 Å². The highest BCUT2D eigenvalue weighted by Gasteiger charge is 2.60. The van der Waals surface area contributed by atoms with E-state index in [1.54, 1.807) is 6.26 Å². The van der Waals surface area contributed by atoms with E-state index in [2.05, 4.69) is 58.9 Å². The van der Waals surface area contributed by atoms with Crippen molar-refractivity contribution in [1.29, 1.82) is 0 Å². The van der Waals surface area contributed by atoms with Gasteiger partial charge in [0.15, 0.2) is 0 Å². The van der Waals surface area contributed by atoms with Crippen LogP contribution in [-0.4, -0.2) is 10.5 Å². The highest BCUT2D eigenvalue weighted by molar-refractivity contribution is 7.84. The minimum atomic E-state index is -0.873. The molecule has 4 aliphatic rings. The number of hydrogen-bond donors (Lipinski definition) is 0. The zero-order valence-corrected chi connectivity index (χ0v) is 25.8. The van der Waals surface area contributed by atoms with E-state index in [9.17, 15) is 4.21 Å². The zero-order chi connectivity index (χ0) is 26.4. The second-order valence-corrected chi connectivity index (χ2v) is 16.5. The summed E-state index contributed by atoms with van der Waals surface area (Å²) in [5.74, 6) is 7.51. The lowest BCUT2D eigenvalue weighted by Gasteiger charge is -2.61. The lowest BCUT2D eigenvalue weighted by atomic mass is 9.44.